The topological polar surface area (TPSA) is 40.5 Å². The molecule has 0 aromatic carbocycles. The third-order valence-electron chi connectivity index (χ3n) is 3.74. The Morgan fingerprint density at radius 2 is 2.00 bits per heavy atom. The van der Waals surface area contributed by atoms with Crippen LogP contribution in [0.15, 0.2) is 34.6 Å². The van der Waals surface area contributed by atoms with E-state index in [1.54, 1.807) is 6.20 Å². The lowest BCUT2D eigenvalue weighted by Crippen LogP contribution is -2.36. The molecular formula is C14H19NO2. The summed E-state index contributed by atoms with van der Waals surface area (Å²) in [6.07, 6.45) is 5.27. The van der Waals surface area contributed by atoms with Crippen molar-refractivity contribution in [2.24, 2.45) is 0 Å². The van der Waals surface area contributed by atoms with Crippen LogP contribution in [0.1, 0.15) is 40.5 Å². The fourth-order valence-electron chi connectivity index (χ4n) is 2.33. The number of hydroxylamine groups is 2. The van der Waals surface area contributed by atoms with E-state index in [-0.39, 0.29) is 11.3 Å². The summed E-state index contributed by atoms with van der Waals surface area (Å²) >= 11 is 0. The molecule has 1 heterocycles. The second kappa shape index (κ2) is 3.84. The van der Waals surface area contributed by atoms with E-state index >= 15 is 0 Å². The fraction of sp³-hybridized carbons (Fsp3) is 0.500. The van der Waals surface area contributed by atoms with Gasteiger partial charge in [-0.15, -0.1) is 0 Å². The number of carbonyl (C=O) groups is 1. The lowest BCUT2D eigenvalue weighted by molar-refractivity contribution is -0.118. The van der Waals surface area contributed by atoms with Crippen molar-refractivity contribution in [3.8, 4) is 0 Å². The van der Waals surface area contributed by atoms with Crippen molar-refractivity contribution in [2.75, 3.05) is 0 Å². The van der Waals surface area contributed by atoms with Crippen molar-refractivity contribution in [2.45, 2.75) is 46.1 Å². The fourth-order valence-corrected chi connectivity index (χ4v) is 2.33. The summed E-state index contributed by atoms with van der Waals surface area (Å²) in [6, 6.07) is 0. The summed E-state index contributed by atoms with van der Waals surface area (Å²) in [6.45, 7) is 7.69. The molecule has 0 aromatic heterocycles. The van der Waals surface area contributed by atoms with Crippen LogP contribution in [-0.2, 0) is 4.79 Å². The maximum atomic E-state index is 11.9. The molecule has 0 bridgehead atoms. The molecule has 2 aliphatic rings. The molecule has 0 amide bonds. The molecule has 0 saturated heterocycles. The van der Waals surface area contributed by atoms with Gasteiger partial charge in [0.2, 0.25) is 0 Å². The van der Waals surface area contributed by atoms with Crippen LogP contribution >= 0.6 is 0 Å². The number of Topliss-reactive ketones (excluding diaryl/α,β-unsaturated/α-hetero) is 1. The summed E-state index contributed by atoms with van der Waals surface area (Å²) in [5.74, 6) is 0.126. The van der Waals surface area contributed by atoms with Crippen LogP contribution in [0.3, 0.4) is 0 Å². The first-order valence-corrected chi connectivity index (χ1v) is 5.96. The molecule has 1 aliphatic carbocycles. The van der Waals surface area contributed by atoms with E-state index in [2.05, 4.69) is 0 Å². The van der Waals surface area contributed by atoms with Crippen molar-refractivity contribution < 1.29 is 10.0 Å². The maximum Gasteiger partial charge on any atom is 0.184 e. The van der Waals surface area contributed by atoms with Gasteiger partial charge in [0.25, 0.3) is 0 Å². The largest absolute Gasteiger partial charge is 0.289 e. The van der Waals surface area contributed by atoms with Crippen LogP contribution in [0.5, 0.6) is 0 Å². The zero-order valence-corrected chi connectivity index (χ0v) is 10.9. The number of rotatable bonds is 0. The molecule has 3 nitrogen and oxygen atoms in total. The zero-order valence-electron chi connectivity index (χ0n) is 10.9. The van der Waals surface area contributed by atoms with E-state index in [1.807, 2.05) is 33.8 Å². The van der Waals surface area contributed by atoms with Gasteiger partial charge in [0, 0.05) is 11.8 Å². The van der Waals surface area contributed by atoms with Crippen LogP contribution in [0.25, 0.3) is 0 Å². The second-order valence-electron chi connectivity index (χ2n) is 5.50. The minimum atomic E-state index is -0.289. The predicted molar refractivity (Wildman–Crippen MR) is 66.5 cm³/mol. The predicted octanol–water partition coefficient (Wildman–Crippen LogP) is 2.98. The molecule has 1 aliphatic heterocycles. The third kappa shape index (κ3) is 1.95. The van der Waals surface area contributed by atoms with E-state index < -0.39 is 0 Å². The minimum absolute atomic E-state index is 0.126. The molecule has 0 atom stereocenters. The van der Waals surface area contributed by atoms with Crippen LogP contribution in [0, 0.1) is 0 Å². The van der Waals surface area contributed by atoms with Crippen molar-refractivity contribution in [1.29, 1.82) is 0 Å². The Morgan fingerprint density at radius 3 is 2.65 bits per heavy atom. The van der Waals surface area contributed by atoms with Crippen molar-refractivity contribution in [3.63, 3.8) is 0 Å². The number of nitrogens with zero attached hydrogens (tertiary/aromatic N) is 1. The average Bonchev–Trinajstić information content (AvgIpc) is 2.35. The summed E-state index contributed by atoms with van der Waals surface area (Å²) in [5, 5.41) is 11.3. The highest BCUT2D eigenvalue weighted by Crippen LogP contribution is 2.36. The first-order valence-electron chi connectivity index (χ1n) is 5.96. The Kier molecular flexibility index (Phi) is 2.74. The molecule has 0 saturated carbocycles. The van der Waals surface area contributed by atoms with Gasteiger partial charge in [0.15, 0.2) is 5.78 Å². The summed E-state index contributed by atoms with van der Waals surface area (Å²) in [4.78, 5) is 11.9. The molecule has 17 heavy (non-hydrogen) atoms. The summed E-state index contributed by atoms with van der Waals surface area (Å²) < 4.78 is 0. The number of carbonyl (C=O) groups excluding carboxylic acids is 1. The smallest absolute Gasteiger partial charge is 0.184 e. The first-order chi connectivity index (χ1) is 7.83. The number of ketones is 1. The van der Waals surface area contributed by atoms with E-state index in [4.69, 9.17) is 0 Å². The summed E-state index contributed by atoms with van der Waals surface area (Å²) in [7, 11) is 0. The highest BCUT2D eigenvalue weighted by atomic mass is 16.5. The van der Waals surface area contributed by atoms with E-state index in [0.717, 1.165) is 35.1 Å². The maximum absolute atomic E-state index is 11.9. The normalized spacial score (nSPS) is 24.1. The minimum Gasteiger partial charge on any atom is -0.289 e. The molecule has 0 radical (unpaired) electrons. The Hall–Kier alpha value is -1.35. The monoisotopic (exact) mass is 233 g/mol. The van der Waals surface area contributed by atoms with Gasteiger partial charge in [0.1, 0.15) is 0 Å². The lowest BCUT2D eigenvalue weighted by Gasteiger charge is -2.30. The van der Waals surface area contributed by atoms with Gasteiger partial charge in [0.05, 0.1) is 5.54 Å². The van der Waals surface area contributed by atoms with Gasteiger partial charge in [-0.1, -0.05) is 0 Å². The first kappa shape index (κ1) is 12.1. The summed E-state index contributed by atoms with van der Waals surface area (Å²) in [5.41, 5.74) is 3.31. The van der Waals surface area contributed by atoms with Gasteiger partial charge >= 0.3 is 0 Å². The van der Waals surface area contributed by atoms with Crippen LogP contribution in [-0.4, -0.2) is 21.6 Å². The molecule has 1 N–H and O–H groups in total. The SMILES string of the molecule is CC1=CC2=CN(O)C(C)(C)CCC2=C(C)C1=O. The molecule has 0 spiro atoms. The number of hydrogen-bond acceptors (Lipinski definition) is 3. The third-order valence-corrected chi connectivity index (χ3v) is 3.74. The van der Waals surface area contributed by atoms with Gasteiger partial charge in [-0.3, -0.25) is 15.1 Å². The van der Waals surface area contributed by atoms with Crippen LogP contribution < -0.4 is 0 Å². The van der Waals surface area contributed by atoms with E-state index in [0.29, 0.717) is 0 Å². The Morgan fingerprint density at radius 1 is 1.35 bits per heavy atom. The van der Waals surface area contributed by atoms with Crippen molar-refractivity contribution in [3.05, 3.63) is 34.6 Å². The van der Waals surface area contributed by atoms with Crippen molar-refractivity contribution in [1.82, 2.24) is 5.06 Å². The zero-order chi connectivity index (χ0) is 12.8. The standard InChI is InChI=1S/C14H19NO2/c1-9-7-11-8-15(17)14(3,4)6-5-12(11)10(2)13(9)16/h7-8,17H,5-6H2,1-4H3. The van der Waals surface area contributed by atoms with Gasteiger partial charge in [-0.05, 0) is 63.3 Å². The molecule has 92 valence electrons. The van der Waals surface area contributed by atoms with Crippen LogP contribution in [0.4, 0.5) is 0 Å². The molecule has 2 rings (SSSR count). The van der Waals surface area contributed by atoms with Crippen molar-refractivity contribution >= 4 is 5.78 Å². The lowest BCUT2D eigenvalue weighted by atomic mass is 9.85. The molecule has 0 aromatic rings. The average molecular weight is 233 g/mol. The highest BCUT2D eigenvalue weighted by Gasteiger charge is 2.30. The quantitative estimate of drug-likeness (QED) is 0.699. The number of fused-ring (bicyclic) bond motifs is 1. The Balaban J connectivity index is 2.52. The Bertz CT molecular complexity index is 467. The van der Waals surface area contributed by atoms with E-state index in [9.17, 15) is 10.0 Å². The second-order valence-corrected chi connectivity index (χ2v) is 5.50. The Labute approximate surface area is 102 Å². The molecule has 0 fully saturated rings. The molecular weight excluding hydrogens is 214 g/mol. The molecule has 3 heteroatoms. The van der Waals surface area contributed by atoms with Gasteiger partial charge in [-0.2, -0.15) is 0 Å². The van der Waals surface area contributed by atoms with Gasteiger partial charge < -0.3 is 0 Å². The number of allylic oxidation sites excluding steroid dienone is 5. The highest BCUT2D eigenvalue weighted by molar-refractivity contribution is 6.10. The van der Waals surface area contributed by atoms with Gasteiger partial charge in [-0.25, -0.2) is 0 Å². The van der Waals surface area contributed by atoms with Crippen LogP contribution in [0.2, 0.25) is 0 Å². The molecule has 0 unspecified atom stereocenters. The van der Waals surface area contributed by atoms with E-state index in [1.165, 1.54) is 5.06 Å². The number of hydrogen-bond donors (Lipinski definition) is 1.